The smallest absolute Gasteiger partial charge is 0.182 e. The molecule has 0 bridgehead atoms. The van der Waals surface area contributed by atoms with Gasteiger partial charge >= 0.3 is 0 Å². The number of hydrogen-bond acceptors (Lipinski definition) is 1. The van der Waals surface area contributed by atoms with Crippen molar-refractivity contribution in [1.82, 2.24) is 9.55 Å². The summed E-state index contributed by atoms with van der Waals surface area (Å²) in [7, 11) is 0. The molecule has 4 heteroatoms. The van der Waals surface area contributed by atoms with Crippen LogP contribution in [0.4, 0.5) is 0 Å². The normalized spacial score (nSPS) is 11.1. The Morgan fingerprint density at radius 3 is 2.47 bits per heavy atom. The lowest BCUT2D eigenvalue weighted by atomic mass is 10.1. The molecule has 0 fully saturated rings. The summed E-state index contributed by atoms with van der Waals surface area (Å²) in [6, 6.07) is 12.0. The first-order valence-corrected chi connectivity index (χ1v) is 6.84. The standard InChI is InChI=1S/C15H13ClN2S/c1-9-5-4-8-12-13(9)17-15(19)18(12)14-10(2)6-3-7-11(14)16/h3-8H,1-2H3,(H,17,19). The quantitative estimate of drug-likeness (QED) is 0.628. The first-order chi connectivity index (χ1) is 9.09. The highest BCUT2D eigenvalue weighted by Gasteiger charge is 2.12. The molecular formula is C15H13ClN2S. The molecule has 1 aromatic heterocycles. The van der Waals surface area contributed by atoms with E-state index in [4.69, 9.17) is 23.8 Å². The lowest BCUT2D eigenvalue weighted by Crippen LogP contribution is -1.98. The fourth-order valence-electron chi connectivity index (χ4n) is 2.40. The molecule has 0 amide bonds. The Labute approximate surface area is 121 Å². The van der Waals surface area contributed by atoms with Crippen LogP contribution in [0, 0.1) is 18.6 Å². The lowest BCUT2D eigenvalue weighted by Gasteiger charge is -2.10. The van der Waals surface area contributed by atoms with Gasteiger partial charge in [-0.25, -0.2) is 0 Å². The summed E-state index contributed by atoms with van der Waals surface area (Å²) in [4.78, 5) is 3.27. The Kier molecular flexibility index (Phi) is 2.96. The molecule has 1 N–H and O–H groups in total. The number of nitrogens with zero attached hydrogens (tertiary/aromatic N) is 1. The van der Waals surface area contributed by atoms with E-state index in [9.17, 15) is 0 Å². The molecule has 0 unspecified atom stereocenters. The molecule has 3 aromatic rings. The molecule has 0 aliphatic rings. The number of hydrogen-bond donors (Lipinski definition) is 1. The van der Waals surface area contributed by atoms with E-state index < -0.39 is 0 Å². The largest absolute Gasteiger partial charge is 0.330 e. The van der Waals surface area contributed by atoms with Crippen LogP contribution in [0.1, 0.15) is 11.1 Å². The van der Waals surface area contributed by atoms with Crippen LogP contribution in [0.25, 0.3) is 16.7 Å². The van der Waals surface area contributed by atoms with Crippen molar-refractivity contribution in [3.8, 4) is 5.69 Å². The van der Waals surface area contributed by atoms with Gasteiger partial charge in [-0.3, -0.25) is 4.57 Å². The van der Waals surface area contributed by atoms with Gasteiger partial charge in [0.15, 0.2) is 4.77 Å². The molecule has 0 radical (unpaired) electrons. The average molecular weight is 289 g/mol. The van der Waals surface area contributed by atoms with E-state index in [2.05, 4.69) is 24.0 Å². The summed E-state index contributed by atoms with van der Waals surface area (Å²) in [5.41, 5.74) is 5.34. The van der Waals surface area contributed by atoms with E-state index in [-0.39, 0.29) is 0 Å². The van der Waals surface area contributed by atoms with Crippen LogP contribution in [-0.2, 0) is 0 Å². The zero-order valence-corrected chi connectivity index (χ0v) is 12.3. The number of benzene rings is 2. The third kappa shape index (κ3) is 1.90. The molecule has 2 aromatic carbocycles. The number of para-hydroxylation sites is 2. The lowest BCUT2D eigenvalue weighted by molar-refractivity contribution is 1.05. The van der Waals surface area contributed by atoms with Gasteiger partial charge in [0, 0.05) is 0 Å². The van der Waals surface area contributed by atoms with Gasteiger partial charge in [-0.15, -0.1) is 0 Å². The van der Waals surface area contributed by atoms with Crippen molar-refractivity contribution in [3.63, 3.8) is 0 Å². The zero-order chi connectivity index (χ0) is 13.6. The molecule has 0 aliphatic carbocycles. The monoisotopic (exact) mass is 288 g/mol. The van der Waals surface area contributed by atoms with Gasteiger partial charge in [0.1, 0.15) is 0 Å². The Morgan fingerprint density at radius 1 is 1.05 bits per heavy atom. The summed E-state index contributed by atoms with van der Waals surface area (Å²) in [5, 5.41) is 0.707. The number of halogens is 1. The number of aromatic nitrogens is 2. The summed E-state index contributed by atoms with van der Waals surface area (Å²) in [6.45, 7) is 4.11. The van der Waals surface area contributed by atoms with E-state index >= 15 is 0 Å². The number of fused-ring (bicyclic) bond motifs is 1. The van der Waals surface area contributed by atoms with Crippen molar-refractivity contribution in [3.05, 3.63) is 57.3 Å². The van der Waals surface area contributed by atoms with Crippen molar-refractivity contribution in [2.45, 2.75) is 13.8 Å². The maximum Gasteiger partial charge on any atom is 0.182 e. The number of H-pyrrole nitrogens is 1. The molecule has 19 heavy (non-hydrogen) atoms. The van der Waals surface area contributed by atoms with Gasteiger partial charge in [0.05, 0.1) is 21.7 Å². The van der Waals surface area contributed by atoms with Crippen molar-refractivity contribution in [1.29, 1.82) is 0 Å². The Balaban J connectivity index is 2.47. The summed E-state index contributed by atoms with van der Waals surface area (Å²) < 4.78 is 2.68. The predicted molar refractivity (Wildman–Crippen MR) is 82.9 cm³/mol. The highest BCUT2D eigenvalue weighted by Crippen LogP contribution is 2.29. The summed E-state index contributed by atoms with van der Waals surface area (Å²) in [6.07, 6.45) is 0. The molecule has 0 atom stereocenters. The van der Waals surface area contributed by atoms with E-state index in [0.717, 1.165) is 22.3 Å². The second kappa shape index (κ2) is 4.51. The van der Waals surface area contributed by atoms with Gasteiger partial charge in [-0.2, -0.15) is 0 Å². The Morgan fingerprint density at radius 2 is 1.74 bits per heavy atom. The van der Waals surface area contributed by atoms with E-state index in [1.165, 1.54) is 5.56 Å². The topological polar surface area (TPSA) is 20.7 Å². The third-order valence-corrected chi connectivity index (χ3v) is 3.93. The fraction of sp³-hybridized carbons (Fsp3) is 0.133. The van der Waals surface area contributed by atoms with Crippen molar-refractivity contribution in [2.24, 2.45) is 0 Å². The Bertz CT molecular complexity index is 810. The van der Waals surface area contributed by atoms with Crippen molar-refractivity contribution >= 4 is 34.9 Å². The van der Waals surface area contributed by atoms with Crippen LogP contribution in [0.3, 0.4) is 0 Å². The van der Waals surface area contributed by atoms with Crippen molar-refractivity contribution < 1.29 is 0 Å². The fourth-order valence-corrected chi connectivity index (χ4v) is 3.00. The number of aromatic amines is 1. The van der Waals surface area contributed by atoms with Crippen LogP contribution in [0.2, 0.25) is 5.02 Å². The molecule has 0 spiro atoms. The minimum absolute atomic E-state index is 0.667. The minimum atomic E-state index is 0.667. The predicted octanol–water partition coefficient (Wildman–Crippen LogP) is 4.96. The van der Waals surface area contributed by atoms with Crippen LogP contribution < -0.4 is 0 Å². The number of rotatable bonds is 1. The maximum absolute atomic E-state index is 6.35. The molecule has 0 saturated carbocycles. The maximum atomic E-state index is 6.35. The SMILES string of the molecule is Cc1cccc(Cl)c1-n1c(=S)[nH]c2c(C)cccc21. The second-order valence-electron chi connectivity index (χ2n) is 4.64. The third-order valence-electron chi connectivity index (χ3n) is 3.34. The van der Waals surface area contributed by atoms with Gasteiger partial charge in [-0.1, -0.05) is 35.9 Å². The van der Waals surface area contributed by atoms with E-state index in [1.807, 2.05) is 35.8 Å². The molecule has 3 rings (SSSR count). The highest BCUT2D eigenvalue weighted by molar-refractivity contribution is 7.71. The first kappa shape index (κ1) is 12.5. The summed E-state index contributed by atoms with van der Waals surface area (Å²) in [5.74, 6) is 0. The first-order valence-electron chi connectivity index (χ1n) is 6.05. The van der Waals surface area contributed by atoms with E-state index in [0.29, 0.717) is 9.79 Å². The molecule has 0 saturated heterocycles. The molecule has 96 valence electrons. The van der Waals surface area contributed by atoms with E-state index in [1.54, 1.807) is 0 Å². The number of aryl methyl sites for hydroxylation is 2. The molecular weight excluding hydrogens is 276 g/mol. The van der Waals surface area contributed by atoms with Crippen molar-refractivity contribution in [2.75, 3.05) is 0 Å². The van der Waals surface area contributed by atoms with Crippen LogP contribution in [0.15, 0.2) is 36.4 Å². The van der Waals surface area contributed by atoms with Crippen LogP contribution in [-0.4, -0.2) is 9.55 Å². The van der Waals surface area contributed by atoms with Gasteiger partial charge < -0.3 is 4.98 Å². The molecule has 2 nitrogen and oxygen atoms in total. The Hall–Kier alpha value is -1.58. The molecule has 1 heterocycles. The van der Waals surface area contributed by atoms with Gasteiger partial charge in [0.25, 0.3) is 0 Å². The van der Waals surface area contributed by atoms with Gasteiger partial charge in [-0.05, 0) is 49.3 Å². The highest BCUT2D eigenvalue weighted by atomic mass is 35.5. The van der Waals surface area contributed by atoms with Crippen LogP contribution >= 0.6 is 23.8 Å². The minimum Gasteiger partial charge on any atom is -0.330 e. The molecule has 0 aliphatic heterocycles. The number of imidazole rings is 1. The number of nitrogens with one attached hydrogen (secondary N) is 1. The summed E-state index contributed by atoms with van der Waals surface area (Å²) >= 11 is 11.8. The second-order valence-corrected chi connectivity index (χ2v) is 5.43. The van der Waals surface area contributed by atoms with Gasteiger partial charge in [0.2, 0.25) is 0 Å². The van der Waals surface area contributed by atoms with Crippen LogP contribution in [0.5, 0.6) is 0 Å². The zero-order valence-electron chi connectivity index (χ0n) is 10.7. The average Bonchev–Trinajstić information content (AvgIpc) is 2.68.